The predicted molar refractivity (Wildman–Crippen MR) is 90.5 cm³/mol. The minimum Gasteiger partial charge on any atom is -0.386 e. The van der Waals surface area contributed by atoms with Crippen molar-refractivity contribution in [3.63, 3.8) is 0 Å². The second-order valence-electron chi connectivity index (χ2n) is 4.94. The summed E-state index contributed by atoms with van der Waals surface area (Å²) in [7, 11) is 1.55. The number of aromatic nitrogens is 1. The first-order valence-corrected chi connectivity index (χ1v) is 7.16. The van der Waals surface area contributed by atoms with Crippen LogP contribution in [0.15, 0.2) is 47.6 Å². The number of carbonyl (C=O) groups excluding carboxylic acids is 1. The maximum absolute atomic E-state index is 12.2. The average Bonchev–Trinajstić information content (AvgIpc) is 2.60. The fraction of sp³-hybridized carbons (Fsp3) is 0.176. The highest BCUT2D eigenvalue weighted by Gasteiger charge is 2.08. The lowest BCUT2D eigenvalue weighted by molar-refractivity contribution is 0.102. The van der Waals surface area contributed by atoms with Crippen LogP contribution in [0.4, 0.5) is 5.69 Å². The molecule has 1 amide bonds. The minimum atomic E-state index is -0.348. The van der Waals surface area contributed by atoms with Gasteiger partial charge < -0.3 is 15.8 Å². The van der Waals surface area contributed by atoms with Crippen molar-refractivity contribution in [1.82, 2.24) is 4.98 Å². The van der Waals surface area contributed by atoms with Crippen molar-refractivity contribution in [1.29, 1.82) is 5.26 Å². The van der Waals surface area contributed by atoms with Gasteiger partial charge in [-0.3, -0.25) is 9.79 Å². The van der Waals surface area contributed by atoms with Gasteiger partial charge in [0.25, 0.3) is 5.91 Å². The van der Waals surface area contributed by atoms with Gasteiger partial charge in [0.1, 0.15) is 24.2 Å². The molecule has 7 nitrogen and oxygen atoms in total. The second-order valence-corrected chi connectivity index (χ2v) is 4.94. The van der Waals surface area contributed by atoms with Gasteiger partial charge in [0.05, 0.1) is 12.1 Å². The van der Waals surface area contributed by atoms with Crippen molar-refractivity contribution < 1.29 is 9.53 Å². The van der Waals surface area contributed by atoms with Crippen LogP contribution in [0.25, 0.3) is 0 Å². The fourth-order valence-electron chi connectivity index (χ4n) is 1.92. The lowest BCUT2D eigenvalue weighted by Crippen LogP contribution is -2.18. The third-order valence-electron chi connectivity index (χ3n) is 3.07. The number of nitrogens with zero attached hydrogens (tertiary/aromatic N) is 3. The van der Waals surface area contributed by atoms with Crippen molar-refractivity contribution >= 4 is 17.4 Å². The maximum atomic E-state index is 12.2. The normalized spacial score (nSPS) is 10.9. The van der Waals surface area contributed by atoms with E-state index in [1.807, 2.05) is 24.3 Å². The number of nitrogens with two attached hydrogens (primary N) is 1. The summed E-state index contributed by atoms with van der Waals surface area (Å²) < 4.78 is 4.89. The standard InChI is InChI=1S/C17H17N5O2/c1-24-11-16(19)21-9-12-3-2-4-14(7-12)22-17(23)15-6-5-13(8-18)10-20-15/h2-7,10H,9,11H2,1H3,(H2,19,21)(H,22,23). The number of aliphatic imine (C=N–C) groups is 1. The summed E-state index contributed by atoms with van der Waals surface area (Å²) >= 11 is 0. The molecule has 122 valence electrons. The Morgan fingerprint density at radius 2 is 2.25 bits per heavy atom. The van der Waals surface area contributed by atoms with Crippen molar-refractivity contribution in [2.75, 3.05) is 19.0 Å². The van der Waals surface area contributed by atoms with Crippen LogP contribution in [-0.2, 0) is 11.3 Å². The molecule has 0 atom stereocenters. The van der Waals surface area contributed by atoms with Gasteiger partial charge in [-0.15, -0.1) is 0 Å². The predicted octanol–water partition coefficient (Wildman–Crippen LogP) is 1.71. The second kappa shape index (κ2) is 8.41. The average molecular weight is 323 g/mol. The number of pyridine rings is 1. The zero-order chi connectivity index (χ0) is 17.4. The van der Waals surface area contributed by atoms with E-state index in [2.05, 4.69) is 15.3 Å². The molecule has 0 radical (unpaired) electrons. The Morgan fingerprint density at radius 1 is 1.42 bits per heavy atom. The van der Waals surface area contributed by atoms with E-state index in [9.17, 15) is 4.79 Å². The van der Waals surface area contributed by atoms with Crippen LogP contribution in [0.1, 0.15) is 21.6 Å². The monoisotopic (exact) mass is 323 g/mol. The zero-order valence-electron chi connectivity index (χ0n) is 13.2. The molecule has 1 aromatic carbocycles. The van der Waals surface area contributed by atoms with Crippen LogP contribution in [0, 0.1) is 11.3 Å². The number of amides is 1. The number of anilines is 1. The molecular formula is C17H17N5O2. The molecule has 0 spiro atoms. The number of hydrogen-bond acceptors (Lipinski definition) is 5. The highest BCUT2D eigenvalue weighted by atomic mass is 16.5. The lowest BCUT2D eigenvalue weighted by atomic mass is 10.2. The molecule has 0 aliphatic rings. The summed E-state index contributed by atoms with van der Waals surface area (Å²) in [6, 6.07) is 12.3. The van der Waals surface area contributed by atoms with Gasteiger partial charge in [-0.1, -0.05) is 12.1 Å². The van der Waals surface area contributed by atoms with Crippen molar-refractivity contribution in [2.24, 2.45) is 10.7 Å². The molecule has 0 aliphatic heterocycles. The van der Waals surface area contributed by atoms with Crippen molar-refractivity contribution in [3.8, 4) is 6.07 Å². The summed E-state index contributed by atoms with van der Waals surface area (Å²) in [5, 5.41) is 11.5. The summed E-state index contributed by atoms with van der Waals surface area (Å²) in [6.45, 7) is 0.675. The zero-order valence-corrected chi connectivity index (χ0v) is 13.2. The van der Waals surface area contributed by atoms with E-state index < -0.39 is 0 Å². The highest BCUT2D eigenvalue weighted by molar-refractivity contribution is 6.02. The van der Waals surface area contributed by atoms with Crippen LogP contribution in [0.3, 0.4) is 0 Å². The maximum Gasteiger partial charge on any atom is 0.274 e. The van der Waals surface area contributed by atoms with Gasteiger partial charge in [-0.05, 0) is 29.8 Å². The number of rotatable bonds is 6. The van der Waals surface area contributed by atoms with Crippen LogP contribution in [0.5, 0.6) is 0 Å². The first-order valence-electron chi connectivity index (χ1n) is 7.16. The molecule has 7 heteroatoms. The largest absolute Gasteiger partial charge is 0.386 e. The Kier molecular flexibility index (Phi) is 6.00. The van der Waals surface area contributed by atoms with Gasteiger partial charge in [-0.25, -0.2) is 4.98 Å². The summed E-state index contributed by atoms with van der Waals surface area (Å²) in [6.07, 6.45) is 1.36. The molecule has 0 aliphatic carbocycles. The number of carbonyl (C=O) groups is 1. The fourth-order valence-corrected chi connectivity index (χ4v) is 1.92. The molecule has 24 heavy (non-hydrogen) atoms. The van der Waals surface area contributed by atoms with E-state index in [4.69, 9.17) is 15.7 Å². The van der Waals surface area contributed by atoms with E-state index in [-0.39, 0.29) is 18.2 Å². The van der Waals surface area contributed by atoms with Gasteiger partial charge in [0.15, 0.2) is 0 Å². The minimum absolute atomic E-state index is 0.238. The number of benzene rings is 1. The molecule has 0 bridgehead atoms. The van der Waals surface area contributed by atoms with E-state index in [1.165, 1.54) is 12.3 Å². The molecule has 0 unspecified atom stereocenters. The number of nitrogens with one attached hydrogen (secondary N) is 1. The van der Waals surface area contributed by atoms with Crippen molar-refractivity contribution in [2.45, 2.75) is 6.54 Å². The number of amidine groups is 1. The van der Waals surface area contributed by atoms with E-state index >= 15 is 0 Å². The summed E-state index contributed by atoms with van der Waals surface area (Å²) in [5.41, 5.74) is 7.85. The summed E-state index contributed by atoms with van der Waals surface area (Å²) in [5.74, 6) is 0.0627. The SMILES string of the molecule is COCC(N)=NCc1cccc(NC(=O)c2ccc(C#N)cn2)c1. The van der Waals surface area contributed by atoms with E-state index in [0.717, 1.165) is 5.56 Å². The Bertz CT molecular complexity index is 778. The molecule has 2 rings (SSSR count). The lowest BCUT2D eigenvalue weighted by Gasteiger charge is -2.06. The number of nitriles is 1. The van der Waals surface area contributed by atoms with Crippen LogP contribution in [0.2, 0.25) is 0 Å². The smallest absolute Gasteiger partial charge is 0.274 e. The molecular weight excluding hydrogens is 306 g/mol. The molecule has 0 saturated heterocycles. The molecule has 2 aromatic rings. The quantitative estimate of drug-likeness (QED) is 0.620. The molecule has 3 N–H and O–H groups in total. The molecule has 0 saturated carbocycles. The van der Waals surface area contributed by atoms with E-state index in [1.54, 1.807) is 19.2 Å². The number of ether oxygens (including phenoxy) is 1. The highest BCUT2D eigenvalue weighted by Crippen LogP contribution is 2.13. The Labute approximate surface area is 139 Å². The summed E-state index contributed by atoms with van der Waals surface area (Å²) in [4.78, 5) is 20.3. The number of hydrogen-bond donors (Lipinski definition) is 2. The first kappa shape index (κ1) is 17.1. The van der Waals surface area contributed by atoms with Gasteiger partial charge in [0.2, 0.25) is 0 Å². The Balaban J connectivity index is 2.04. The first-order chi connectivity index (χ1) is 11.6. The van der Waals surface area contributed by atoms with Crippen LogP contribution in [-0.4, -0.2) is 30.4 Å². The molecule has 0 fully saturated rings. The van der Waals surface area contributed by atoms with Crippen LogP contribution >= 0.6 is 0 Å². The van der Waals surface area contributed by atoms with Crippen molar-refractivity contribution in [3.05, 3.63) is 59.4 Å². The Hall–Kier alpha value is -3.24. The van der Waals surface area contributed by atoms with Gasteiger partial charge in [-0.2, -0.15) is 5.26 Å². The topological polar surface area (TPSA) is 113 Å². The molecule has 1 aromatic heterocycles. The Morgan fingerprint density at radius 3 is 2.92 bits per heavy atom. The third-order valence-corrected chi connectivity index (χ3v) is 3.07. The number of methoxy groups -OCH3 is 1. The van der Waals surface area contributed by atoms with E-state index in [0.29, 0.717) is 23.6 Å². The van der Waals surface area contributed by atoms with Crippen LogP contribution < -0.4 is 11.1 Å². The van der Waals surface area contributed by atoms with Gasteiger partial charge in [0, 0.05) is 19.0 Å². The third kappa shape index (κ3) is 4.90. The van der Waals surface area contributed by atoms with Gasteiger partial charge >= 0.3 is 0 Å². The molecule has 1 heterocycles.